The van der Waals surface area contributed by atoms with Crippen molar-refractivity contribution >= 4 is 28.5 Å². The molecule has 0 radical (unpaired) electrons. The standard InChI is InChI=1S/C20H17ClN4O3/c1-11-8-14-12(2)17(27-18(14)15(21)9-11)20(26)23-7-5-16-24-19(25-28-16)13-4-3-6-22-10-13/h3-4,6,8-10H,5,7H2,1-2H3,(H,23,26). The number of aryl methyl sites for hydroxylation is 2. The van der Waals surface area contributed by atoms with Gasteiger partial charge in [-0.05, 0) is 43.7 Å². The molecule has 4 aromatic rings. The number of halogens is 1. The van der Waals surface area contributed by atoms with E-state index in [1.807, 2.05) is 32.0 Å². The number of carbonyl (C=O) groups is 1. The predicted octanol–water partition coefficient (Wildman–Crippen LogP) is 4.12. The Balaban J connectivity index is 1.43. The third-order valence-corrected chi connectivity index (χ3v) is 4.64. The minimum absolute atomic E-state index is 0.254. The van der Waals surface area contributed by atoms with Gasteiger partial charge < -0.3 is 14.3 Å². The number of hydrogen-bond donors (Lipinski definition) is 1. The van der Waals surface area contributed by atoms with Crippen LogP contribution in [0.5, 0.6) is 0 Å². The summed E-state index contributed by atoms with van der Waals surface area (Å²) in [5.74, 6) is 0.838. The molecule has 4 rings (SSSR count). The van der Waals surface area contributed by atoms with E-state index in [1.165, 1.54) is 0 Å². The molecule has 3 aromatic heterocycles. The van der Waals surface area contributed by atoms with Gasteiger partial charge in [0.2, 0.25) is 11.7 Å². The molecule has 0 fully saturated rings. The average Bonchev–Trinajstić information content (AvgIpc) is 3.28. The van der Waals surface area contributed by atoms with Gasteiger partial charge in [-0.2, -0.15) is 4.98 Å². The summed E-state index contributed by atoms with van der Waals surface area (Å²) >= 11 is 6.23. The molecule has 1 N–H and O–H groups in total. The Kier molecular flexibility index (Phi) is 4.83. The molecule has 28 heavy (non-hydrogen) atoms. The number of carbonyl (C=O) groups excluding carboxylic acids is 1. The van der Waals surface area contributed by atoms with Crippen molar-refractivity contribution in [3.63, 3.8) is 0 Å². The van der Waals surface area contributed by atoms with E-state index in [0.717, 1.165) is 22.1 Å². The molecule has 8 heteroatoms. The van der Waals surface area contributed by atoms with Crippen molar-refractivity contribution in [3.05, 3.63) is 64.5 Å². The minimum atomic E-state index is -0.311. The second kappa shape index (κ2) is 7.44. The topological polar surface area (TPSA) is 94.1 Å². The Morgan fingerprint density at radius 1 is 1.29 bits per heavy atom. The first kappa shape index (κ1) is 18.2. The van der Waals surface area contributed by atoms with Crippen LogP contribution < -0.4 is 5.32 Å². The summed E-state index contributed by atoms with van der Waals surface area (Å²) in [5.41, 5.74) is 3.06. The van der Waals surface area contributed by atoms with Crippen LogP contribution in [0.15, 0.2) is 45.6 Å². The van der Waals surface area contributed by atoms with Crippen LogP contribution in [0.2, 0.25) is 5.02 Å². The number of amides is 1. The van der Waals surface area contributed by atoms with Crippen molar-refractivity contribution in [3.8, 4) is 11.4 Å². The molecule has 0 bridgehead atoms. The van der Waals surface area contributed by atoms with Gasteiger partial charge in [0.1, 0.15) is 0 Å². The number of furan rings is 1. The zero-order chi connectivity index (χ0) is 19.7. The number of hydrogen-bond acceptors (Lipinski definition) is 6. The summed E-state index contributed by atoms with van der Waals surface area (Å²) in [7, 11) is 0. The van der Waals surface area contributed by atoms with Crippen molar-refractivity contribution in [1.29, 1.82) is 0 Å². The molecule has 0 unspecified atom stereocenters. The highest BCUT2D eigenvalue weighted by Gasteiger charge is 2.19. The van der Waals surface area contributed by atoms with Gasteiger partial charge in [0.05, 0.1) is 5.02 Å². The Labute approximate surface area is 165 Å². The third-order valence-electron chi connectivity index (χ3n) is 4.36. The number of rotatable bonds is 5. The lowest BCUT2D eigenvalue weighted by molar-refractivity contribution is 0.0927. The van der Waals surface area contributed by atoms with E-state index in [1.54, 1.807) is 18.5 Å². The first-order valence-electron chi connectivity index (χ1n) is 8.73. The highest BCUT2D eigenvalue weighted by molar-refractivity contribution is 6.35. The zero-order valence-electron chi connectivity index (χ0n) is 15.3. The summed E-state index contributed by atoms with van der Waals surface area (Å²) < 4.78 is 10.9. The van der Waals surface area contributed by atoms with Crippen LogP contribution in [-0.2, 0) is 6.42 Å². The number of pyridine rings is 1. The van der Waals surface area contributed by atoms with E-state index >= 15 is 0 Å². The number of fused-ring (bicyclic) bond motifs is 1. The molecule has 1 aromatic carbocycles. The van der Waals surface area contributed by atoms with E-state index in [0.29, 0.717) is 35.3 Å². The normalized spacial score (nSPS) is 11.1. The van der Waals surface area contributed by atoms with E-state index in [9.17, 15) is 4.79 Å². The van der Waals surface area contributed by atoms with Crippen LogP contribution in [-0.4, -0.2) is 27.6 Å². The summed E-state index contributed by atoms with van der Waals surface area (Å²) in [6, 6.07) is 7.41. The second-order valence-corrected chi connectivity index (χ2v) is 6.85. The van der Waals surface area contributed by atoms with Crippen LogP contribution in [0.4, 0.5) is 0 Å². The lowest BCUT2D eigenvalue weighted by Gasteiger charge is -2.01. The molecule has 0 saturated carbocycles. The smallest absolute Gasteiger partial charge is 0.287 e. The molecule has 0 aliphatic heterocycles. The highest BCUT2D eigenvalue weighted by Crippen LogP contribution is 2.32. The fraction of sp³-hybridized carbons (Fsp3) is 0.200. The molecule has 7 nitrogen and oxygen atoms in total. The lowest BCUT2D eigenvalue weighted by Crippen LogP contribution is -2.25. The van der Waals surface area contributed by atoms with Gasteiger partial charge in [0.15, 0.2) is 11.3 Å². The van der Waals surface area contributed by atoms with Gasteiger partial charge >= 0.3 is 0 Å². The van der Waals surface area contributed by atoms with Gasteiger partial charge in [-0.1, -0.05) is 16.8 Å². The highest BCUT2D eigenvalue weighted by atomic mass is 35.5. The van der Waals surface area contributed by atoms with E-state index in [-0.39, 0.29) is 11.7 Å². The maximum absolute atomic E-state index is 12.5. The first-order valence-corrected chi connectivity index (χ1v) is 9.11. The molecular weight excluding hydrogens is 380 g/mol. The van der Waals surface area contributed by atoms with Crippen LogP contribution in [0.25, 0.3) is 22.4 Å². The Bertz CT molecular complexity index is 1150. The van der Waals surface area contributed by atoms with Gasteiger partial charge in [0, 0.05) is 41.9 Å². The lowest BCUT2D eigenvalue weighted by atomic mass is 10.1. The van der Waals surface area contributed by atoms with E-state index in [4.69, 9.17) is 20.5 Å². The summed E-state index contributed by atoms with van der Waals surface area (Å²) in [6.45, 7) is 4.12. The zero-order valence-corrected chi connectivity index (χ0v) is 16.1. The van der Waals surface area contributed by atoms with Gasteiger partial charge in [-0.15, -0.1) is 0 Å². The van der Waals surface area contributed by atoms with Gasteiger partial charge in [-0.25, -0.2) is 0 Å². The quantitative estimate of drug-likeness (QED) is 0.545. The van der Waals surface area contributed by atoms with Crippen LogP contribution in [0, 0.1) is 13.8 Å². The summed E-state index contributed by atoms with van der Waals surface area (Å²) in [4.78, 5) is 20.9. The fourth-order valence-corrected chi connectivity index (χ4v) is 3.27. The summed E-state index contributed by atoms with van der Waals surface area (Å²) in [6.07, 6.45) is 3.74. The SMILES string of the molecule is Cc1cc(Cl)c2oc(C(=O)NCCc3nc(-c4cccnc4)no3)c(C)c2c1. The maximum Gasteiger partial charge on any atom is 0.287 e. The molecule has 0 spiro atoms. The summed E-state index contributed by atoms with van der Waals surface area (Å²) in [5, 5.41) is 8.08. The molecular formula is C20H17ClN4O3. The van der Waals surface area contributed by atoms with Crippen molar-refractivity contribution in [2.45, 2.75) is 20.3 Å². The molecule has 0 aliphatic rings. The predicted molar refractivity (Wildman–Crippen MR) is 104 cm³/mol. The second-order valence-electron chi connectivity index (χ2n) is 6.44. The van der Waals surface area contributed by atoms with Gasteiger partial charge in [0.25, 0.3) is 5.91 Å². The Morgan fingerprint density at radius 2 is 2.14 bits per heavy atom. The van der Waals surface area contributed by atoms with Crippen molar-refractivity contribution in [1.82, 2.24) is 20.4 Å². The molecule has 0 saturated heterocycles. The van der Waals surface area contributed by atoms with Crippen molar-refractivity contribution in [2.24, 2.45) is 0 Å². The minimum Gasteiger partial charge on any atom is -0.449 e. The molecule has 0 atom stereocenters. The van der Waals surface area contributed by atoms with Crippen molar-refractivity contribution < 1.29 is 13.7 Å². The monoisotopic (exact) mass is 396 g/mol. The Morgan fingerprint density at radius 3 is 2.93 bits per heavy atom. The largest absolute Gasteiger partial charge is 0.449 e. The Hall–Kier alpha value is -3.19. The molecule has 0 aliphatic carbocycles. The van der Waals surface area contributed by atoms with Crippen LogP contribution >= 0.6 is 11.6 Å². The van der Waals surface area contributed by atoms with Gasteiger partial charge in [-0.3, -0.25) is 9.78 Å². The fourth-order valence-electron chi connectivity index (χ4n) is 2.96. The molecule has 3 heterocycles. The average molecular weight is 397 g/mol. The number of benzene rings is 1. The van der Waals surface area contributed by atoms with Crippen LogP contribution in [0.1, 0.15) is 27.6 Å². The van der Waals surface area contributed by atoms with Crippen LogP contribution in [0.3, 0.4) is 0 Å². The van der Waals surface area contributed by atoms with Crippen molar-refractivity contribution in [2.75, 3.05) is 6.54 Å². The molecule has 142 valence electrons. The number of aromatic nitrogens is 3. The number of nitrogens with zero attached hydrogens (tertiary/aromatic N) is 3. The first-order chi connectivity index (χ1) is 13.5. The van der Waals surface area contributed by atoms with E-state index < -0.39 is 0 Å². The van der Waals surface area contributed by atoms with E-state index in [2.05, 4.69) is 20.4 Å². The molecule has 1 amide bonds. The third kappa shape index (κ3) is 3.48. The number of nitrogens with one attached hydrogen (secondary N) is 1. The maximum atomic E-state index is 12.5.